The highest BCUT2D eigenvalue weighted by Crippen LogP contribution is 2.30. The molecule has 0 saturated carbocycles. The van der Waals surface area contributed by atoms with Crippen molar-refractivity contribution in [2.24, 2.45) is 0 Å². The summed E-state index contributed by atoms with van der Waals surface area (Å²) >= 11 is 6.37. The zero-order valence-corrected chi connectivity index (χ0v) is 20.0. The van der Waals surface area contributed by atoms with Crippen molar-refractivity contribution in [2.45, 2.75) is 25.8 Å². The monoisotopic (exact) mass is 495 g/mol. The number of nitrogens with zero attached hydrogens (tertiary/aromatic N) is 2. The molecule has 0 radical (unpaired) electrons. The minimum absolute atomic E-state index is 0.00733. The molecule has 3 rings (SSSR count). The predicted molar refractivity (Wildman–Crippen MR) is 124 cm³/mol. The fraction of sp³-hybridized carbons (Fsp3) is 0.409. The van der Waals surface area contributed by atoms with Gasteiger partial charge in [-0.3, -0.25) is 4.79 Å². The van der Waals surface area contributed by atoms with Crippen molar-refractivity contribution in [3.8, 4) is 5.75 Å². The van der Waals surface area contributed by atoms with Gasteiger partial charge in [-0.05, 0) is 43.5 Å². The van der Waals surface area contributed by atoms with Crippen LogP contribution in [0.1, 0.15) is 29.3 Å². The highest BCUT2D eigenvalue weighted by Gasteiger charge is 2.31. The number of ether oxygens (including phenoxy) is 2. The fourth-order valence-electron chi connectivity index (χ4n) is 3.46. The van der Waals surface area contributed by atoms with E-state index in [0.29, 0.717) is 30.6 Å². The second-order valence-corrected chi connectivity index (χ2v) is 10.3. The number of esters is 1. The van der Waals surface area contributed by atoms with Crippen molar-refractivity contribution in [1.82, 2.24) is 15.1 Å². The van der Waals surface area contributed by atoms with E-state index in [-0.39, 0.29) is 22.7 Å². The normalized spacial score (nSPS) is 17.2. The van der Waals surface area contributed by atoms with Gasteiger partial charge in [0, 0.05) is 18.2 Å². The van der Waals surface area contributed by atoms with Crippen LogP contribution in [0, 0.1) is 6.92 Å². The Bertz CT molecular complexity index is 1140. The Morgan fingerprint density at radius 3 is 2.67 bits per heavy atom. The van der Waals surface area contributed by atoms with E-state index >= 15 is 0 Å². The first-order valence-electron chi connectivity index (χ1n) is 10.4. The molecule has 1 amide bonds. The van der Waals surface area contributed by atoms with Crippen LogP contribution in [0.3, 0.4) is 0 Å². The van der Waals surface area contributed by atoms with Gasteiger partial charge < -0.3 is 14.8 Å². The molecule has 2 aromatic rings. The molecule has 1 fully saturated rings. The van der Waals surface area contributed by atoms with Gasteiger partial charge in [0.2, 0.25) is 0 Å². The quantitative estimate of drug-likeness (QED) is 0.418. The number of carbonyl (C=O) groups excluding carboxylic acids is 2. The highest BCUT2D eigenvalue weighted by atomic mass is 35.5. The number of carbonyl (C=O) groups is 2. The number of hydrogen-bond donors (Lipinski definition) is 1. The lowest BCUT2D eigenvalue weighted by molar-refractivity contribution is -0.143. The van der Waals surface area contributed by atoms with Crippen molar-refractivity contribution in [3.05, 3.63) is 52.3 Å². The molecule has 0 unspecified atom stereocenters. The van der Waals surface area contributed by atoms with E-state index < -0.39 is 28.3 Å². The number of nitrogens with one attached hydrogen (secondary N) is 1. The van der Waals surface area contributed by atoms with E-state index in [0.717, 1.165) is 17.4 Å². The second-order valence-electron chi connectivity index (χ2n) is 7.68. The molecule has 0 aliphatic carbocycles. The summed E-state index contributed by atoms with van der Waals surface area (Å²) in [5, 5.41) is 7.28. The van der Waals surface area contributed by atoms with Crippen LogP contribution in [-0.4, -0.2) is 61.8 Å². The Morgan fingerprint density at radius 2 is 2.03 bits per heavy atom. The van der Waals surface area contributed by atoms with E-state index in [1.165, 1.54) is 10.8 Å². The Kier molecular flexibility index (Phi) is 8.15. The van der Waals surface area contributed by atoms with E-state index in [9.17, 15) is 18.0 Å². The number of methoxy groups -OCH3 is 1. The smallest absolute Gasteiger partial charge is 0.331 e. The number of aryl methyl sites for hydroxylation is 1. The maximum Gasteiger partial charge on any atom is 0.331 e. The summed E-state index contributed by atoms with van der Waals surface area (Å²) in [5.74, 6) is -0.251. The minimum Gasteiger partial charge on any atom is -0.497 e. The van der Waals surface area contributed by atoms with Crippen LogP contribution >= 0.6 is 11.6 Å². The molecule has 33 heavy (non-hydrogen) atoms. The van der Waals surface area contributed by atoms with Crippen LogP contribution in [0.25, 0.3) is 6.08 Å². The summed E-state index contributed by atoms with van der Waals surface area (Å²) in [6, 6.07) is 7.20. The van der Waals surface area contributed by atoms with Gasteiger partial charge in [0.15, 0.2) is 16.4 Å². The first-order valence-corrected chi connectivity index (χ1v) is 12.6. The third kappa shape index (κ3) is 6.82. The molecular weight excluding hydrogens is 470 g/mol. The first-order chi connectivity index (χ1) is 15.7. The summed E-state index contributed by atoms with van der Waals surface area (Å²) in [5.41, 5.74) is 2.10. The van der Waals surface area contributed by atoms with Crippen LogP contribution in [0.5, 0.6) is 5.75 Å². The average Bonchev–Trinajstić information content (AvgIpc) is 3.29. The van der Waals surface area contributed by atoms with Gasteiger partial charge in [0.05, 0.1) is 30.4 Å². The van der Waals surface area contributed by atoms with Crippen LogP contribution in [0.2, 0.25) is 5.15 Å². The molecule has 2 heterocycles. The average molecular weight is 496 g/mol. The Labute approximate surface area is 197 Å². The molecule has 1 aliphatic rings. The predicted octanol–water partition coefficient (Wildman–Crippen LogP) is 2.13. The van der Waals surface area contributed by atoms with Crippen LogP contribution in [-0.2, 0) is 30.6 Å². The van der Waals surface area contributed by atoms with Gasteiger partial charge >= 0.3 is 5.97 Å². The SMILES string of the molecule is COc1ccc(CCNC(=O)COC(=O)/C=C/c2c(C)nn([C@H]3CCS(=O)(=O)C3)c2Cl)cc1. The van der Waals surface area contributed by atoms with Crippen molar-refractivity contribution in [3.63, 3.8) is 0 Å². The molecule has 1 aromatic heterocycles. The second kappa shape index (κ2) is 10.8. The van der Waals surface area contributed by atoms with Gasteiger partial charge in [-0.2, -0.15) is 5.10 Å². The summed E-state index contributed by atoms with van der Waals surface area (Å²) in [7, 11) is -1.49. The molecule has 1 aliphatic heterocycles. The Morgan fingerprint density at radius 1 is 1.30 bits per heavy atom. The maximum atomic E-state index is 12.0. The fourth-order valence-corrected chi connectivity index (χ4v) is 5.52. The van der Waals surface area contributed by atoms with Gasteiger partial charge in [-0.15, -0.1) is 0 Å². The van der Waals surface area contributed by atoms with E-state index in [1.807, 2.05) is 24.3 Å². The highest BCUT2D eigenvalue weighted by molar-refractivity contribution is 7.91. The van der Waals surface area contributed by atoms with Crippen LogP contribution < -0.4 is 10.1 Å². The molecule has 178 valence electrons. The number of sulfone groups is 1. The number of rotatable bonds is 9. The van der Waals surface area contributed by atoms with Gasteiger partial charge in [-0.25, -0.2) is 17.9 Å². The van der Waals surface area contributed by atoms with Gasteiger partial charge in [0.1, 0.15) is 10.9 Å². The first kappa shape index (κ1) is 24.8. The van der Waals surface area contributed by atoms with Crippen LogP contribution in [0.4, 0.5) is 0 Å². The molecule has 1 atom stereocenters. The molecular formula is C22H26ClN3O6S. The largest absolute Gasteiger partial charge is 0.497 e. The van der Waals surface area contributed by atoms with E-state index in [1.54, 1.807) is 14.0 Å². The number of halogens is 1. The van der Waals surface area contributed by atoms with Crippen molar-refractivity contribution in [1.29, 1.82) is 0 Å². The number of aromatic nitrogens is 2. The summed E-state index contributed by atoms with van der Waals surface area (Å²) in [6.45, 7) is 1.72. The Hall–Kier alpha value is -2.85. The maximum absolute atomic E-state index is 12.0. The summed E-state index contributed by atoms with van der Waals surface area (Å²) in [6.07, 6.45) is 3.69. The van der Waals surface area contributed by atoms with E-state index in [4.69, 9.17) is 21.1 Å². The molecule has 1 saturated heterocycles. The number of hydrogen-bond acceptors (Lipinski definition) is 7. The number of benzene rings is 1. The van der Waals surface area contributed by atoms with Crippen LogP contribution in [0.15, 0.2) is 30.3 Å². The zero-order chi connectivity index (χ0) is 24.0. The third-order valence-electron chi connectivity index (χ3n) is 5.25. The topological polar surface area (TPSA) is 117 Å². The summed E-state index contributed by atoms with van der Waals surface area (Å²) < 4.78 is 35.0. The number of amides is 1. The lowest BCUT2D eigenvalue weighted by atomic mass is 10.1. The molecule has 0 spiro atoms. The zero-order valence-electron chi connectivity index (χ0n) is 18.4. The van der Waals surface area contributed by atoms with Gasteiger partial charge in [0.25, 0.3) is 5.91 Å². The molecule has 9 nitrogen and oxygen atoms in total. The minimum atomic E-state index is -3.09. The molecule has 1 N–H and O–H groups in total. The van der Waals surface area contributed by atoms with Crippen molar-refractivity contribution >= 4 is 39.4 Å². The van der Waals surface area contributed by atoms with Crippen molar-refractivity contribution in [2.75, 3.05) is 31.8 Å². The van der Waals surface area contributed by atoms with Gasteiger partial charge in [-0.1, -0.05) is 23.7 Å². The van der Waals surface area contributed by atoms with E-state index in [2.05, 4.69) is 10.4 Å². The molecule has 0 bridgehead atoms. The third-order valence-corrected chi connectivity index (χ3v) is 7.38. The Balaban J connectivity index is 1.45. The standard InChI is InChI=1S/C22H26ClN3O6S/c1-15-19(22(23)26(25-15)17-10-12-33(29,30)14-17)7-8-21(28)32-13-20(27)24-11-9-16-3-5-18(31-2)6-4-16/h3-8,17H,9-14H2,1-2H3,(H,24,27)/b8-7+/t17-/m0/s1. The summed E-state index contributed by atoms with van der Waals surface area (Å²) in [4.78, 5) is 23.9. The molecule has 11 heteroatoms. The van der Waals surface area contributed by atoms with Crippen molar-refractivity contribution < 1.29 is 27.5 Å². The lowest BCUT2D eigenvalue weighted by Gasteiger charge is -2.09. The molecule has 1 aromatic carbocycles. The lowest BCUT2D eigenvalue weighted by Crippen LogP contribution is -2.30.